The van der Waals surface area contributed by atoms with Crippen LogP contribution in [0.2, 0.25) is 0 Å². The van der Waals surface area contributed by atoms with Crippen LogP contribution in [0.15, 0.2) is 94.7 Å². The third-order valence-electron chi connectivity index (χ3n) is 3.74. The molecule has 0 fully saturated rings. The Labute approximate surface area is 149 Å². The van der Waals surface area contributed by atoms with Gasteiger partial charge in [-0.2, -0.15) is 0 Å². The van der Waals surface area contributed by atoms with E-state index in [2.05, 4.69) is 23.3 Å². The minimum absolute atomic E-state index is 0.553. The summed E-state index contributed by atoms with van der Waals surface area (Å²) in [5.74, 6) is 0. The number of nitrogens with zero attached hydrogens (tertiary/aromatic N) is 3. The van der Waals surface area contributed by atoms with Gasteiger partial charge in [0.25, 0.3) is 0 Å². The van der Waals surface area contributed by atoms with Gasteiger partial charge in [0.2, 0.25) is 0 Å². The molecule has 0 radical (unpaired) electrons. The molecule has 1 aromatic carbocycles. The summed E-state index contributed by atoms with van der Waals surface area (Å²) < 4.78 is 0. The third kappa shape index (κ3) is 5.21. The minimum atomic E-state index is 0.553. The Bertz CT molecular complexity index is 810. The highest BCUT2D eigenvalue weighted by molar-refractivity contribution is 6.09. The van der Waals surface area contributed by atoms with Gasteiger partial charge in [-0.3, -0.25) is 15.0 Å². The molecule has 0 aliphatic rings. The Kier molecular flexibility index (Phi) is 6.78. The fourth-order valence-corrected chi connectivity index (χ4v) is 2.32. The van der Waals surface area contributed by atoms with Crippen molar-refractivity contribution in [3.63, 3.8) is 0 Å². The normalized spacial score (nSPS) is 12.8. The number of aryl methyl sites for hydroxylation is 1. The molecule has 0 bridgehead atoms. The number of hydrogen-bond acceptors (Lipinski definition) is 3. The molecule has 3 heteroatoms. The van der Waals surface area contributed by atoms with Crippen LogP contribution in [-0.4, -0.2) is 17.4 Å². The average Bonchev–Trinajstić information content (AvgIpc) is 2.66. The molecule has 0 spiro atoms. The van der Waals surface area contributed by atoms with E-state index in [1.807, 2.05) is 74.7 Å². The van der Waals surface area contributed by atoms with Crippen molar-refractivity contribution in [1.29, 1.82) is 0 Å². The Morgan fingerprint density at radius 3 is 2.48 bits per heavy atom. The molecule has 0 aliphatic heterocycles. The summed E-state index contributed by atoms with van der Waals surface area (Å²) in [6.45, 7) is 12.0. The first-order valence-corrected chi connectivity index (χ1v) is 8.17. The predicted octanol–water partition coefficient (Wildman–Crippen LogP) is 5.10. The monoisotopic (exact) mass is 329 g/mol. The van der Waals surface area contributed by atoms with Gasteiger partial charge in [0.15, 0.2) is 0 Å². The molecule has 0 aliphatic carbocycles. The van der Waals surface area contributed by atoms with Crippen LogP contribution < -0.4 is 0 Å². The summed E-state index contributed by atoms with van der Waals surface area (Å²) in [6, 6.07) is 14.1. The zero-order valence-electron chi connectivity index (χ0n) is 14.8. The maximum Gasteiger partial charge on any atom is 0.0712 e. The van der Waals surface area contributed by atoms with Crippen molar-refractivity contribution in [3.8, 4) is 0 Å². The summed E-state index contributed by atoms with van der Waals surface area (Å²) in [7, 11) is 0. The Balaban J connectivity index is 2.42. The number of allylic oxidation sites excluding steroid dienone is 3. The molecule has 3 nitrogen and oxygen atoms in total. The van der Waals surface area contributed by atoms with E-state index in [0.29, 0.717) is 6.54 Å². The molecule has 0 saturated heterocycles. The van der Waals surface area contributed by atoms with Gasteiger partial charge >= 0.3 is 0 Å². The van der Waals surface area contributed by atoms with Crippen LogP contribution in [0.1, 0.15) is 23.7 Å². The maximum atomic E-state index is 4.78. The number of pyridine rings is 1. The summed E-state index contributed by atoms with van der Waals surface area (Å²) in [4.78, 5) is 13.3. The average molecular weight is 329 g/mol. The summed E-state index contributed by atoms with van der Waals surface area (Å²) in [5, 5.41) is 0. The number of benzene rings is 1. The first-order valence-electron chi connectivity index (χ1n) is 8.17. The molecule has 126 valence electrons. The first-order chi connectivity index (χ1) is 12.2. The van der Waals surface area contributed by atoms with Gasteiger partial charge in [-0.25, -0.2) is 0 Å². The lowest BCUT2D eigenvalue weighted by Gasteiger charge is -2.07. The largest absolute Gasteiger partial charge is 0.280 e. The van der Waals surface area contributed by atoms with E-state index in [9.17, 15) is 0 Å². The molecule has 1 heterocycles. The molecule has 1 aromatic heterocycles. The third-order valence-corrected chi connectivity index (χ3v) is 3.74. The lowest BCUT2D eigenvalue weighted by Crippen LogP contribution is -2.00. The molecule has 0 unspecified atom stereocenters. The second-order valence-electron chi connectivity index (χ2n) is 5.51. The fourth-order valence-electron chi connectivity index (χ4n) is 2.32. The van der Waals surface area contributed by atoms with Crippen LogP contribution >= 0.6 is 0 Å². The van der Waals surface area contributed by atoms with E-state index >= 15 is 0 Å². The van der Waals surface area contributed by atoms with Gasteiger partial charge in [-0.05, 0) is 49.4 Å². The fraction of sp³-hybridized carbons (Fsp3) is 0.136. The molecular formula is C22H23N3. The first kappa shape index (κ1) is 18.3. The topological polar surface area (TPSA) is 37.6 Å². The van der Waals surface area contributed by atoms with E-state index in [4.69, 9.17) is 4.99 Å². The Morgan fingerprint density at radius 1 is 1.16 bits per heavy atom. The summed E-state index contributed by atoms with van der Waals surface area (Å²) in [6.07, 6.45) is 7.53. The summed E-state index contributed by atoms with van der Waals surface area (Å²) >= 11 is 0. The lowest BCUT2D eigenvalue weighted by molar-refractivity contribution is 1.03. The van der Waals surface area contributed by atoms with Crippen LogP contribution in [0.3, 0.4) is 0 Å². The summed E-state index contributed by atoms with van der Waals surface area (Å²) in [5.41, 5.74) is 5.62. The zero-order valence-corrected chi connectivity index (χ0v) is 14.8. The van der Waals surface area contributed by atoms with Gasteiger partial charge in [0.1, 0.15) is 0 Å². The van der Waals surface area contributed by atoms with Gasteiger partial charge in [-0.15, -0.1) is 0 Å². The second kappa shape index (κ2) is 9.28. The van der Waals surface area contributed by atoms with Gasteiger partial charge in [0, 0.05) is 11.9 Å². The van der Waals surface area contributed by atoms with E-state index in [0.717, 1.165) is 33.8 Å². The molecule has 0 amide bonds. The van der Waals surface area contributed by atoms with Gasteiger partial charge < -0.3 is 0 Å². The number of rotatable bonds is 7. The number of aromatic nitrogens is 1. The SMILES string of the molecule is C=CC(=C\C)/C(=C/C(=NCc1ccc(C)nc1)c1ccccc1)N=C. The van der Waals surface area contributed by atoms with Crippen molar-refractivity contribution >= 4 is 12.4 Å². The Hall–Kier alpha value is -3.07. The van der Waals surface area contributed by atoms with Gasteiger partial charge in [-0.1, -0.05) is 55.1 Å². The quantitative estimate of drug-likeness (QED) is 0.514. The predicted molar refractivity (Wildman–Crippen MR) is 107 cm³/mol. The van der Waals surface area contributed by atoms with Crippen molar-refractivity contribution in [2.75, 3.05) is 0 Å². The van der Waals surface area contributed by atoms with Crippen LogP contribution in [0.4, 0.5) is 0 Å². The molecular weight excluding hydrogens is 306 g/mol. The molecule has 0 N–H and O–H groups in total. The molecule has 2 rings (SSSR count). The zero-order chi connectivity index (χ0) is 18.1. The maximum absolute atomic E-state index is 4.78. The molecule has 2 aromatic rings. The van der Waals surface area contributed by atoms with Crippen LogP contribution in [0.25, 0.3) is 0 Å². The molecule has 0 saturated carbocycles. The van der Waals surface area contributed by atoms with Crippen LogP contribution in [-0.2, 0) is 6.54 Å². The molecule has 25 heavy (non-hydrogen) atoms. The van der Waals surface area contributed by atoms with Crippen LogP contribution in [0, 0.1) is 6.92 Å². The van der Waals surface area contributed by atoms with Crippen molar-refractivity contribution in [1.82, 2.24) is 4.98 Å². The van der Waals surface area contributed by atoms with Crippen molar-refractivity contribution in [2.45, 2.75) is 20.4 Å². The smallest absolute Gasteiger partial charge is 0.0712 e. The molecule has 0 atom stereocenters. The van der Waals surface area contributed by atoms with E-state index in [1.165, 1.54) is 0 Å². The lowest BCUT2D eigenvalue weighted by atomic mass is 10.1. The number of hydrogen-bond donors (Lipinski definition) is 0. The standard InChI is InChI=1S/C22H23N3/c1-5-19(6-2)21(23-4)14-22(20-10-8-7-9-11-20)25-16-18-13-12-17(3)24-15-18/h5-15H,1,4,16H2,2-3H3/b19-6+,21-14-,25-22?. The van der Waals surface area contributed by atoms with Crippen molar-refractivity contribution in [2.24, 2.45) is 9.98 Å². The number of aliphatic imine (C=N–C) groups is 2. The second-order valence-corrected chi connectivity index (χ2v) is 5.51. The van der Waals surface area contributed by atoms with Crippen LogP contribution in [0.5, 0.6) is 0 Å². The van der Waals surface area contributed by atoms with Crippen molar-refractivity contribution in [3.05, 3.63) is 102 Å². The highest BCUT2D eigenvalue weighted by Gasteiger charge is 2.05. The Morgan fingerprint density at radius 2 is 1.92 bits per heavy atom. The minimum Gasteiger partial charge on any atom is -0.280 e. The van der Waals surface area contributed by atoms with Crippen molar-refractivity contribution < 1.29 is 0 Å². The van der Waals surface area contributed by atoms with E-state index in [-0.39, 0.29) is 0 Å². The van der Waals surface area contributed by atoms with Gasteiger partial charge in [0.05, 0.1) is 18.0 Å². The van der Waals surface area contributed by atoms with E-state index in [1.54, 1.807) is 6.08 Å². The highest BCUT2D eigenvalue weighted by Crippen LogP contribution is 2.15. The highest BCUT2D eigenvalue weighted by atomic mass is 14.8. The van der Waals surface area contributed by atoms with E-state index < -0.39 is 0 Å².